The summed E-state index contributed by atoms with van der Waals surface area (Å²) in [5.41, 5.74) is 2.19. The Morgan fingerprint density at radius 2 is 1.00 bits per heavy atom. The molecule has 0 amide bonds. The zero-order valence-electron chi connectivity index (χ0n) is 8.41. The van der Waals surface area contributed by atoms with Crippen molar-refractivity contribution in [2.75, 3.05) is 0 Å². The Bertz CT molecular complexity index is 268. The fraction of sp³-hybridized carbons (Fsp3) is 0. The molecule has 0 aliphatic rings. The van der Waals surface area contributed by atoms with Gasteiger partial charge in [0, 0.05) is 0 Å². The van der Waals surface area contributed by atoms with E-state index < -0.39 is 26.4 Å². The summed E-state index contributed by atoms with van der Waals surface area (Å²) in [7, 11) is -12.9. The van der Waals surface area contributed by atoms with Crippen LogP contribution in [-0.2, 0) is 8.23 Å². The molecule has 0 fully saturated rings. The van der Waals surface area contributed by atoms with E-state index in [4.69, 9.17) is 0 Å². The normalized spacial score (nSPS) is 13.3. The summed E-state index contributed by atoms with van der Waals surface area (Å²) in [6, 6.07) is 0. The van der Waals surface area contributed by atoms with Crippen molar-refractivity contribution in [3.05, 3.63) is 36.8 Å². The third-order valence-corrected chi connectivity index (χ3v) is 7.71. The van der Waals surface area contributed by atoms with E-state index in [9.17, 15) is 24.0 Å². The quantitative estimate of drug-likeness (QED) is 0.342. The van der Waals surface area contributed by atoms with Crippen molar-refractivity contribution < 1.29 is 32.2 Å². The van der Waals surface area contributed by atoms with Gasteiger partial charge in [-0.15, -0.1) is 0 Å². The van der Waals surface area contributed by atoms with Crippen LogP contribution in [0.2, 0.25) is 0 Å². The fourth-order valence-electron chi connectivity index (χ4n) is 0.618. The van der Waals surface area contributed by atoms with Crippen LogP contribution in [0.3, 0.4) is 0 Å². The summed E-state index contributed by atoms with van der Waals surface area (Å²) in [6.45, 7) is 9.35. The highest BCUT2D eigenvalue weighted by Crippen LogP contribution is 2.15. The lowest BCUT2D eigenvalue weighted by Crippen LogP contribution is -2.58. The second kappa shape index (κ2) is 5.28. The van der Waals surface area contributed by atoms with E-state index in [-0.39, 0.29) is 0 Å². The third kappa shape index (κ3) is 5.08. The van der Waals surface area contributed by atoms with Crippen LogP contribution in [0.15, 0.2) is 36.8 Å². The van der Waals surface area contributed by atoms with E-state index in [0.717, 1.165) is 5.70 Å². The Morgan fingerprint density at radius 3 is 1.19 bits per heavy atom. The van der Waals surface area contributed by atoms with E-state index in [1.54, 1.807) is 0 Å². The highest BCUT2D eigenvalue weighted by Gasteiger charge is 2.50. The van der Waals surface area contributed by atoms with Gasteiger partial charge in [0.05, 0.1) is 0 Å². The maximum atomic E-state index is 9.66. The molecule has 0 aliphatic carbocycles. The van der Waals surface area contributed by atoms with Gasteiger partial charge in [-0.1, -0.05) is 19.7 Å². The molecular formula is C6H14O7Si3. The van der Waals surface area contributed by atoms with E-state index in [0.29, 0.717) is 11.4 Å². The minimum Gasteiger partial charge on any atom is -0.387 e. The Hall–Kier alpha value is -0.409. The van der Waals surface area contributed by atoms with Crippen molar-refractivity contribution in [3.8, 4) is 0 Å². The van der Waals surface area contributed by atoms with Gasteiger partial charge >= 0.3 is 26.4 Å². The maximum Gasteiger partial charge on any atom is 0.516 e. The van der Waals surface area contributed by atoms with Crippen molar-refractivity contribution in [2.24, 2.45) is 0 Å². The van der Waals surface area contributed by atoms with Crippen LogP contribution in [-0.4, -0.2) is 50.4 Å². The Labute approximate surface area is 95.9 Å². The summed E-state index contributed by atoms with van der Waals surface area (Å²) in [5.74, 6) is 0. The van der Waals surface area contributed by atoms with Gasteiger partial charge in [0.1, 0.15) is 0 Å². The Balaban J connectivity index is 4.86. The zero-order chi connectivity index (χ0) is 13.0. The highest BCUT2D eigenvalue weighted by molar-refractivity contribution is 6.83. The predicted molar refractivity (Wildman–Crippen MR) is 61.1 cm³/mol. The average Bonchev–Trinajstić information content (AvgIpc) is 2.16. The lowest BCUT2D eigenvalue weighted by Gasteiger charge is -2.28. The van der Waals surface area contributed by atoms with Crippen LogP contribution < -0.4 is 0 Å². The molecule has 16 heavy (non-hydrogen) atoms. The van der Waals surface area contributed by atoms with Gasteiger partial charge in [0.2, 0.25) is 0 Å². The molecule has 0 aromatic heterocycles. The summed E-state index contributed by atoms with van der Waals surface area (Å²) in [4.78, 5) is 46.4. The molecule has 0 atom stereocenters. The standard InChI is InChI=1S/C6H14O7Si3/c1-4-14(7,8)12-16(11,6-3)13-15(9,10)5-2/h4-11H,1-3H2. The molecule has 10 heteroatoms. The zero-order valence-corrected chi connectivity index (χ0v) is 11.4. The molecule has 0 heterocycles. The molecule has 5 N–H and O–H groups in total. The van der Waals surface area contributed by atoms with Crippen LogP contribution in [0.25, 0.3) is 0 Å². The molecule has 0 aromatic carbocycles. The smallest absolute Gasteiger partial charge is 0.387 e. The number of rotatable bonds is 7. The van der Waals surface area contributed by atoms with Crippen molar-refractivity contribution >= 4 is 26.4 Å². The van der Waals surface area contributed by atoms with E-state index in [1.165, 1.54) is 0 Å². The molecule has 92 valence electrons. The predicted octanol–water partition coefficient (Wildman–Crippen LogP) is -2.03. The molecule has 0 saturated carbocycles. The van der Waals surface area contributed by atoms with Crippen LogP contribution in [0.5, 0.6) is 0 Å². The van der Waals surface area contributed by atoms with E-state index in [2.05, 4.69) is 28.0 Å². The molecule has 0 aliphatic heterocycles. The summed E-state index contributed by atoms with van der Waals surface area (Å²) >= 11 is 0. The largest absolute Gasteiger partial charge is 0.516 e. The van der Waals surface area contributed by atoms with Gasteiger partial charge < -0.3 is 32.2 Å². The summed E-state index contributed by atoms with van der Waals surface area (Å²) < 4.78 is 9.03. The van der Waals surface area contributed by atoms with Gasteiger partial charge in [0.15, 0.2) is 0 Å². The minimum atomic E-state index is -4.30. The first-order valence-electron chi connectivity index (χ1n) is 4.03. The molecule has 0 rings (SSSR count). The number of hydrogen-bond donors (Lipinski definition) is 5. The van der Waals surface area contributed by atoms with Crippen LogP contribution in [0.1, 0.15) is 0 Å². The first-order chi connectivity index (χ1) is 7.10. The molecule has 7 nitrogen and oxygen atoms in total. The molecular weight excluding hydrogens is 268 g/mol. The maximum absolute atomic E-state index is 9.66. The van der Waals surface area contributed by atoms with Gasteiger partial charge in [-0.25, -0.2) is 0 Å². The lowest BCUT2D eigenvalue weighted by atomic mass is 11.3. The lowest BCUT2D eigenvalue weighted by molar-refractivity contribution is 0.146. The molecule has 0 aromatic rings. The monoisotopic (exact) mass is 282 g/mol. The van der Waals surface area contributed by atoms with Crippen molar-refractivity contribution in [1.29, 1.82) is 0 Å². The highest BCUT2D eigenvalue weighted by atomic mass is 28.5. The summed E-state index contributed by atoms with van der Waals surface area (Å²) in [6.07, 6.45) is 0. The Morgan fingerprint density at radius 1 is 0.688 bits per heavy atom. The van der Waals surface area contributed by atoms with Crippen molar-refractivity contribution in [1.82, 2.24) is 0 Å². The topological polar surface area (TPSA) is 120 Å². The molecule has 0 unspecified atom stereocenters. The summed E-state index contributed by atoms with van der Waals surface area (Å²) in [5, 5.41) is 0. The van der Waals surface area contributed by atoms with Crippen LogP contribution >= 0.6 is 0 Å². The van der Waals surface area contributed by atoms with Crippen molar-refractivity contribution in [2.45, 2.75) is 0 Å². The first kappa shape index (κ1) is 15.6. The molecule has 0 bridgehead atoms. The fourth-order valence-corrected chi connectivity index (χ4v) is 5.94. The second-order valence-electron chi connectivity index (χ2n) is 2.76. The van der Waals surface area contributed by atoms with Gasteiger partial charge in [-0.05, 0) is 17.1 Å². The third-order valence-electron chi connectivity index (χ3n) is 1.38. The van der Waals surface area contributed by atoms with Gasteiger partial charge in [0.25, 0.3) is 0 Å². The van der Waals surface area contributed by atoms with E-state index in [1.807, 2.05) is 0 Å². The van der Waals surface area contributed by atoms with Crippen LogP contribution in [0.4, 0.5) is 0 Å². The average molecular weight is 282 g/mol. The number of hydrogen-bond acceptors (Lipinski definition) is 7. The van der Waals surface area contributed by atoms with Crippen LogP contribution in [0, 0.1) is 0 Å². The van der Waals surface area contributed by atoms with Gasteiger partial charge in [-0.3, -0.25) is 0 Å². The van der Waals surface area contributed by atoms with Crippen molar-refractivity contribution in [3.63, 3.8) is 0 Å². The Kier molecular flexibility index (Phi) is 5.15. The second-order valence-corrected chi connectivity index (χ2v) is 9.52. The first-order valence-corrected chi connectivity index (χ1v) is 9.63. The molecule has 0 saturated heterocycles. The minimum absolute atomic E-state index is 0.712. The SMILES string of the molecule is C=C[Si](O)(O)O[Si](O)(C=C)O[Si](O)(O)C=C. The molecule has 0 spiro atoms. The molecule has 0 radical (unpaired) electrons. The van der Waals surface area contributed by atoms with E-state index >= 15 is 0 Å². The van der Waals surface area contributed by atoms with Gasteiger partial charge in [-0.2, -0.15) is 0 Å².